The summed E-state index contributed by atoms with van der Waals surface area (Å²) in [6.45, 7) is 16.1. The number of ether oxygens (including phenoxy) is 1. The minimum Gasteiger partial charge on any atom is -0.458 e. The van der Waals surface area contributed by atoms with Gasteiger partial charge in [0.25, 0.3) is 0 Å². The lowest BCUT2D eigenvalue weighted by Gasteiger charge is -2.58. The van der Waals surface area contributed by atoms with Crippen LogP contribution in [0, 0.1) is 58.2 Å². The van der Waals surface area contributed by atoms with Crippen LogP contribution >= 0.6 is 0 Å². The van der Waals surface area contributed by atoms with E-state index in [0.717, 1.165) is 44.9 Å². The summed E-state index contributed by atoms with van der Waals surface area (Å²) in [6.07, 6.45) is 9.84. The number of esters is 1. The predicted molar refractivity (Wildman–Crippen MR) is 164 cm³/mol. The lowest BCUT2D eigenvalue weighted by Crippen LogP contribution is -2.56. The van der Waals surface area contributed by atoms with Gasteiger partial charge in [-0.3, -0.25) is 4.79 Å². The molecule has 0 aromatic heterocycles. The number of fused-ring (bicyclic) bond motifs is 5. The molecule has 0 spiro atoms. The van der Waals surface area contributed by atoms with Crippen LogP contribution in [-0.4, -0.2) is 29.1 Å². The lowest BCUT2D eigenvalue weighted by atomic mass is 9.46. The van der Waals surface area contributed by atoms with Crippen LogP contribution in [0.5, 0.6) is 0 Å². The van der Waals surface area contributed by atoms with Crippen molar-refractivity contribution in [1.29, 1.82) is 0 Å². The van der Waals surface area contributed by atoms with Crippen molar-refractivity contribution in [3.8, 4) is 0 Å². The van der Waals surface area contributed by atoms with Gasteiger partial charge in [-0.25, -0.2) is 4.79 Å². The van der Waals surface area contributed by atoms with Gasteiger partial charge in [0.05, 0.1) is 11.7 Å². The van der Waals surface area contributed by atoms with Crippen LogP contribution in [0.1, 0.15) is 110 Å². The summed E-state index contributed by atoms with van der Waals surface area (Å²) in [5.41, 5.74) is 2.03. The van der Waals surface area contributed by atoms with Gasteiger partial charge >= 0.3 is 5.97 Å². The second-order valence-electron chi connectivity index (χ2n) is 15.1. The van der Waals surface area contributed by atoms with Gasteiger partial charge in [0.15, 0.2) is 5.78 Å². The summed E-state index contributed by atoms with van der Waals surface area (Å²) >= 11 is 0. The zero-order valence-electron chi connectivity index (χ0n) is 26.6. The first kappa shape index (κ1) is 30.5. The second-order valence-corrected chi connectivity index (χ2v) is 15.1. The average molecular weight is 563 g/mol. The maximum Gasteiger partial charge on any atom is 0.338 e. The maximum absolute atomic E-state index is 14.0. The highest BCUT2D eigenvalue weighted by Crippen LogP contribution is 2.67. The molecule has 4 aliphatic rings. The van der Waals surface area contributed by atoms with Crippen LogP contribution in [0.2, 0.25) is 0 Å². The Bertz CT molecular complexity index is 1140. The lowest BCUT2D eigenvalue weighted by molar-refractivity contribution is -0.140. The molecule has 1 aromatic rings. The molecule has 1 N–H and O–H groups in total. The molecule has 0 saturated heterocycles. The number of hydrogen-bond donors (Lipinski definition) is 1. The van der Waals surface area contributed by atoms with Crippen molar-refractivity contribution >= 4 is 11.8 Å². The summed E-state index contributed by atoms with van der Waals surface area (Å²) in [5.74, 6) is 2.61. The molecule has 4 heteroatoms. The number of allylic oxidation sites excluding steroid dienone is 2. The van der Waals surface area contributed by atoms with Crippen molar-refractivity contribution < 1.29 is 19.4 Å². The highest BCUT2D eigenvalue weighted by molar-refractivity contribution is 5.95. The van der Waals surface area contributed by atoms with Gasteiger partial charge < -0.3 is 9.84 Å². The molecular weight excluding hydrogens is 508 g/mol. The molecule has 41 heavy (non-hydrogen) atoms. The number of ketones is 1. The SMILES string of the molecule is CC[C@H](C[C@H](O)[C@@H](C)[C@H]1CC[C@H]2C3=CC(=O)[C@H]4[C@H](C)[C@H](OC(=O)c5ccccc5)CC[C@]4(C)[C@H]3CC[C@@]12C)C(C)C. The van der Waals surface area contributed by atoms with Crippen LogP contribution in [0.15, 0.2) is 42.0 Å². The number of carbonyl (C=O) groups is 2. The van der Waals surface area contributed by atoms with E-state index in [2.05, 4.69) is 48.5 Å². The largest absolute Gasteiger partial charge is 0.458 e. The average Bonchev–Trinajstić information content (AvgIpc) is 3.30. The Hall–Kier alpha value is -1.94. The van der Waals surface area contributed by atoms with E-state index in [1.165, 1.54) is 12.0 Å². The molecule has 0 unspecified atom stereocenters. The van der Waals surface area contributed by atoms with Gasteiger partial charge in [0.2, 0.25) is 0 Å². The van der Waals surface area contributed by atoms with Crippen LogP contribution in [0.3, 0.4) is 0 Å². The minimum absolute atomic E-state index is 0.000938. The number of rotatable bonds is 8. The second kappa shape index (κ2) is 11.6. The first-order chi connectivity index (χ1) is 19.4. The molecule has 3 saturated carbocycles. The highest BCUT2D eigenvalue weighted by Gasteiger charge is 2.61. The summed E-state index contributed by atoms with van der Waals surface area (Å²) in [4.78, 5) is 26.9. The van der Waals surface area contributed by atoms with Crippen LogP contribution in [0.25, 0.3) is 0 Å². The number of aliphatic hydroxyl groups excluding tert-OH is 1. The van der Waals surface area contributed by atoms with Gasteiger partial charge in [-0.2, -0.15) is 0 Å². The van der Waals surface area contributed by atoms with Crippen molar-refractivity contribution in [2.75, 3.05) is 0 Å². The Morgan fingerprint density at radius 1 is 1.00 bits per heavy atom. The number of aliphatic hydroxyl groups is 1. The zero-order chi connectivity index (χ0) is 29.7. The molecule has 0 amide bonds. The van der Waals surface area contributed by atoms with Gasteiger partial charge in [0, 0.05) is 11.8 Å². The Morgan fingerprint density at radius 2 is 1.66 bits per heavy atom. The van der Waals surface area contributed by atoms with Gasteiger partial charge in [0.1, 0.15) is 6.10 Å². The maximum atomic E-state index is 14.0. The van der Waals surface area contributed by atoms with Crippen molar-refractivity contribution in [1.82, 2.24) is 0 Å². The van der Waals surface area contributed by atoms with E-state index in [4.69, 9.17) is 4.74 Å². The predicted octanol–water partition coefficient (Wildman–Crippen LogP) is 8.29. The van der Waals surface area contributed by atoms with E-state index in [-0.39, 0.29) is 52.5 Å². The molecule has 0 radical (unpaired) electrons. The fraction of sp³-hybridized carbons (Fsp3) is 0.730. The Labute approximate surface area is 248 Å². The summed E-state index contributed by atoms with van der Waals surface area (Å²) < 4.78 is 6.03. The molecule has 3 fully saturated rings. The number of hydrogen-bond acceptors (Lipinski definition) is 4. The van der Waals surface area contributed by atoms with E-state index in [0.29, 0.717) is 35.2 Å². The van der Waals surface area contributed by atoms with E-state index < -0.39 is 0 Å². The molecular formula is C37H54O4. The third-order valence-corrected chi connectivity index (χ3v) is 12.9. The van der Waals surface area contributed by atoms with E-state index in [1.54, 1.807) is 12.1 Å². The fourth-order valence-electron chi connectivity index (χ4n) is 10.4. The molecule has 0 bridgehead atoms. The fourth-order valence-corrected chi connectivity index (χ4v) is 10.4. The van der Waals surface area contributed by atoms with Crippen molar-refractivity contribution in [3.63, 3.8) is 0 Å². The monoisotopic (exact) mass is 562 g/mol. The topological polar surface area (TPSA) is 63.6 Å². The summed E-state index contributed by atoms with van der Waals surface area (Å²) in [6, 6.07) is 9.19. The molecule has 0 heterocycles. The third kappa shape index (κ3) is 5.25. The standard InChI is InChI=1S/C37H54O4/c1-8-25(22(2)3)20-31(38)23(4)28-14-15-29-27-21-32(39)34-24(5)33(41-35(40)26-12-10-9-11-13-26)17-19-37(34,7)30(27)16-18-36(28,29)6/h9-13,21-25,28-31,33-34,38H,8,14-20H2,1-7H3/t23-,24+,25+,28+,29-,30-,31-,33+,34+,36-,37+/m0/s1. The first-order valence-electron chi connectivity index (χ1n) is 16.6. The highest BCUT2D eigenvalue weighted by atomic mass is 16.5. The third-order valence-electron chi connectivity index (χ3n) is 12.9. The summed E-state index contributed by atoms with van der Waals surface area (Å²) in [7, 11) is 0. The zero-order valence-corrected chi connectivity index (χ0v) is 26.6. The van der Waals surface area contributed by atoms with E-state index in [9.17, 15) is 14.7 Å². The Balaban J connectivity index is 1.34. The minimum atomic E-state index is -0.286. The Kier molecular flexibility index (Phi) is 8.65. The number of carbonyl (C=O) groups excluding carboxylic acids is 2. The van der Waals surface area contributed by atoms with Crippen molar-refractivity contribution in [3.05, 3.63) is 47.5 Å². The quantitative estimate of drug-likeness (QED) is 0.324. The Morgan fingerprint density at radius 3 is 2.32 bits per heavy atom. The molecule has 1 aromatic carbocycles. The molecule has 5 rings (SSSR count). The normalized spacial score (nSPS) is 38.8. The van der Waals surface area contributed by atoms with Gasteiger partial charge in [-0.15, -0.1) is 0 Å². The smallest absolute Gasteiger partial charge is 0.338 e. The van der Waals surface area contributed by atoms with Crippen molar-refractivity contribution in [2.24, 2.45) is 58.2 Å². The molecule has 11 atom stereocenters. The number of benzene rings is 1. The van der Waals surface area contributed by atoms with Crippen LogP contribution < -0.4 is 0 Å². The molecule has 4 nitrogen and oxygen atoms in total. The molecule has 4 aliphatic carbocycles. The van der Waals surface area contributed by atoms with E-state index >= 15 is 0 Å². The van der Waals surface area contributed by atoms with Gasteiger partial charge in [-0.1, -0.05) is 78.7 Å². The summed E-state index contributed by atoms with van der Waals surface area (Å²) in [5, 5.41) is 11.4. The van der Waals surface area contributed by atoms with E-state index in [1.807, 2.05) is 24.3 Å². The van der Waals surface area contributed by atoms with Crippen LogP contribution in [-0.2, 0) is 9.53 Å². The van der Waals surface area contributed by atoms with Gasteiger partial charge in [-0.05, 0) is 109 Å². The molecule has 0 aliphatic heterocycles. The first-order valence-corrected chi connectivity index (χ1v) is 16.6. The van der Waals surface area contributed by atoms with Crippen molar-refractivity contribution in [2.45, 2.75) is 112 Å². The van der Waals surface area contributed by atoms with Crippen LogP contribution in [0.4, 0.5) is 0 Å². The molecule has 226 valence electrons.